The van der Waals surface area contributed by atoms with E-state index in [4.69, 9.17) is 4.74 Å². The Bertz CT molecular complexity index is 1090. The standard InChI is InChI=1S/C20H18N2O4/c1-3-26-20(25)15-6-8-16(9-7-15)22-19(24)18(13(2)21-22)12-14-4-10-17(23)11-5-14/h4-12,21,23H,2-3H2,1H3/b18-12+. The fourth-order valence-corrected chi connectivity index (χ4v) is 2.52. The second-order valence-electron chi connectivity index (χ2n) is 5.65. The lowest BCUT2D eigenvalue weighted by Gasteiger charge is -2.04. The number of H-pyrrole nitrogens is 1. The Morgan fingerprint density at radius 3 is 2.46 bits per heavy atom. The average Bonchev–Trinajstić information content (AvgIpc) is 2.92. The molecule has 0 aliphatic carbocycles. The van der Waals surface area contributed by atoms with Crippen molar-refractivity contribution in [1.82, 2.24) is 9.78 Å². The minimum atomic E-state index is -0.405. The number of esters is 1. The normalized spacial score (nSPS) is 11.5. The lowest BCUT2D eigenvalue weighted by Crippen LogP contribution is -2.33. The van der Waals surface area contributed by atoms with Crippen molar-refractivity contribution < 1.29 is 14.6 Å². The number of hydrogen-bond donors (Lipinski definition) is 2. The van der Waals surface area contributed by atoms with Crippen LogP contribution in [-0.4, -0.2) is 27.5 Å². The van der Waals surface area contributed by atoms with E-state index in [2.05, 4.69) is 11.7 Å². The minimum Gasteiger partial charge on any atom is -0.508 e. The van der Waals surface area contributed by atoms with Gasteiger partial charge in [-0.1, -0.05) is 18.7 Å². The van der Waals surface area contributed by atoms with Gasteiger partial charge in [-0.05, 0) is 55.0 Å². The van der Waals surface area contributed by atoms with E-state index < -0.39 is 5.97 Å². The topological polar surface area (TPSA) is 84.3 Å². The number of nitrogens with zero attached hydrogens (tertiary/aromatic N) is 1. The van der Waals surface area contributed by atoms with Crippen LogP contribution in [0.1, 0.15) is 22.8 Å². The lowest BCUT2D eigenvalue weighted by molar-refractivity contribution is 0.0526. The van der Waals surface area contributed by atoms with Crippen molar-refractivity contribution in [2.75, 3.05) is 6.61 Å². The van der Waals surface area contributed by atoms with Crippen LogP contribution in [0.25, 0.3) is 18.3 Å². The molecule has 0 saturated carbocycles. The monoisotopic (exact) mass is 350 g/mol. The number of aromatic nitrogens is 2. The van der Waals surface area contributed by atoms with Crippen molar-refractivity contribution in [1.29, 1.82) is 0 Å². The summed E-state index contributed by atoms with van der Waals surface area (Å²) in [5, 5.41) is 13.2. The molecule has 1 aromatic heterocycles. The molecule has 132 valence electrons. The van der Waals surface area contributed by atoms with Crippen LogP contribution in [0.4, 0.5) is 0 Å². The maximum Gasteiger partial charge on any atom is 0.338 e. The van der Waals surface area contributed by atoms with Crippen molar-refractivity contribution >= 4 is 18.6 Å². The minimum absolute atomic E-state index is 0.158. The first-order valence-electron chi connectivity index (χ1n) is 8.08. The molecule has 0 fully saturated rings. The predicted octanol–water partition coefficient (Wildman–Crippen LogP) is 1.29. The number of benzene rings is 2. The zero-order valence-corrected chi connectivity index (χ0v) is 14.2. The van der Waals surface area contributed by atoms with Crippen molar-refractivity contribution in [2.24, 2.45) is 0 Å². The van der Waals surface area contributed by atoms with Crippen LogP contribution in [0, 0.1) is 0 Å². The van der Waals surface area contributed by atoms with Gasteiger partial charge in [0.25, 0.3) is 5.56 Å². The number of rotatable bonds is 4. The molecule has 0 aliphatic heterocycles. The number of phenols is 1. The molecule has 2 aromatic carbocycles. The molecule has 0 unspecified atom stereocenters. The van der Waals surface area contributed by atoms with E-state index in [1.165, 1.54) is 4.68 Å². The molecule has 0 bridgehead atoms. The molecule has 6 nitrogen and oxygen atoms in total. The first kappa shape index (κ1) is 17.3. The number of phenolic OH excluding ortho intramolecular Hbond substituents is 1. The molecule has 3 rings (SSSR count). The van der Waals surface area contributed by atoms with Gasteiger partial charge >= 0.3 is 5.97 Å². The van der Waals surface area contributed by atoms with Crippen molar-refractivity contribution in [3.8, 4) is 11.4 Å². The van der Waals surface area contributed by atoms with Crippen LogP contribution in [0.15, 0.2) is 53.3 Å². The quantitative estimate of drug-likeness (QED) is 0.695. The highest BCUT2D eigenvalue weighted by Gasteiger charge is 2.08. The van der Waals surface area contributed by atoms with Crippen molar-refractivity contribution in [2.45, 2.75) is 6.92 Å². The van der Waals surface area contributed by atoms with E-state index in [-0.39, 0.29) is 11.3 Å². The highest BCUT2D eigenvalue weighted by Crippen LogP contribution is 2.10. The van der Waals surface area contributed by atoms with Gasteiger partial charge in [0.15, 0.2) is 0 Å². The number of aromatic hydroxyl groups is 1. The summed E-state index contributed by atoms with van der Waals surface area (Å²) < 4.78 is 6.31. The van der Waals surface area contributed by atoms with E-state index >= 15 is 0 Å². The van der Waals surface area contributed by atoms with Gasteiger partial charge in [-0.3, -0.25) is 9.89 Å². The molecule has 3 aromatic rings. The van der Waals surface area contributed by atoms with Crippen molar-refractivity contribution in [3.63, 3.8) is 0 Å². The molecule has 2 N–H and O–H groups in total. The maximum atomic E-state index is 12.7. The smallest absolute Gasteiger partial charge is 0.338 e. The second kappa shape index (κ2) is 7.14. The summed E-state index contributed by atoms with van der Waals surface area (Å²) in [4.78, 5) is 24.4. The highest BCUT2D eigenvalue weighted by molar-refractivity contribution is 5.89. The van der Waals surface area contributed by atoms with Gasteiger partial charge in [-0.2, -0.15) is 0 Å². The van der Waals surface area contributed by atoms with E-state index in [1.807, 2.05) is 0 Å². The van der Waals surface area contributed by atoms with Gasteiger partial charge in [0.2, 0.25) is 0 Å². The number of nitrogens with one attached hydrogen (secondary N) is 1. The molecular weight excluding hydrogens is 332 g/mol. The summed E-state index contributed by atoms with van der Waals surface area (Å²) in [5.74, 6) is -0.248. The van der Waals surface area contributed by atoms with Crippen LogP contribution < -0.4 is 16.1 Å². The van der Waals surface area contributed by atoms with Gasteiger partial charge in [0.05, 0.1) is 28.4 Å². The molecule has 0 spiro atoms. The first-order valence-corrected chi connectivity index (χ1v) is 8.08. The lowest BCUT2D eigenvalue weighted by atomic mass is 10.2. The van der Waals surface area contributed by atoms with Crippen LogP contribution in [0.3, 0.4) is 0 Å². The zero-order chi connectivity index (χ0) is 18.7. The second-order valence-corrected chi connectivity index (χ2v) is 5.65. The number of hydrogen-bond acceptors (Lipinski definition) is 4. The fourth-order valence-electron chi connectivity index (χ4n) is 2.52. The molecule has 0 amide bonds. The average molecular weight is 350 g/mol. The number of carbonyl (C=O) groups is 1. The number of aromatic amines is 1. The maximum absolute atomic E-state index is 12.7. The third-order valence-electron chi connectivity index (χ3n) is 3.85. The highest BCUT2D eigenvalue weighted by atomic mass is 16.5. The summed E-state index contributed by atoms with van der Waals surface area (Å²) in [5.41, 5.74) is 1.51. The molecule has 1 heterocycles. The SMILES string of the molecule is C=c1[nH]n(-c2ccc(C(=O)OCC)cc2)c(=O)/c1=C/c1ccc(O)cc1. The Kier molecular flexibility index (Phi) is 4.75. The molecule has 26 heavy (non-hydrogen) atoms. The van der Waals surface area contributed by atoms with Crippen LogP contribution in [0.5, 0.6) is 5.75 Å². The molecule has 6 heteroatoms. The molecule has 0 saturated heterocycles. The Hall–Kier alpha value is -3.54. The Balaban J connectivity index is 2.00. The van der Waals surface area contributed by atoms with Crippen LogP contribution in [-0.2, 0) is 4.74 Å². The Morgan fingerprint density at radius 2 is 1.85 bits per heavy atom. The zero-order valence-electron chi connectivity index (χ0n) is 14.2. The largest absolute Gasteiger partial charge is 0.508 e. The third-order valence-corrected chi connectivity index (χ3v) is 3.85. The molecule has 0 radical (unpaired) electrons. The van der Waals surface area contributed by atoms with E-state index in [0.717, 1.165) is 5.56 Å². The van der Waals surface area contributed by atoms with Gasteiger partial charge < -0.3 is 9.84 Å². The van der Waals surface area contributed by atoms with Crippen LogP contribution in [0.2, 0.25) is 0 Å². The van der Waals surface area contributed by atoms with Crippen molar-refractivity contribution in [3.05, 3.63) is 80.6 Å². The predicted molar refractivity (Wildman–Crippen MR) is 98.8 cm³/mol. The molecule has 0 aliphatic rings. The van der Waals surface area contributed by atoms with Gasteiger partial charge in [-0.25, -0.2) is 9.48 Å². The summed E-state index contributed by atoms with van der Waals surface area (Å²) in [6, 6.07) is 13.0. The first-order chi connectivity index (χ1) is 12.5. The van der Waals surface area contributed by atoms with Gasteiger partial charge in [-0.15, -0.1) is 0 Å². The Morgan fingerprint density at radius 1 is 1.19 bits per heavy atom. The van der Waals surface area contributed by atoms with Gasteiger partial charge in [0.1, 0.15) is 5.75 Å². The molecule has 0 atom stereocenters. The molecular formula is C20H18N2O4. The number of carbonyl (C=O) groups excluding carboxylic acids is 1. The third kappa shape index (κ3) is 3.44. The fraction of sp³-hybridized carbons (Fsp3) is 0.100. The summed E-state index contributed by atoms with van der Waals surface area (Å²) in [7, 11) is 0. The Labute approximate surface area is 149 Å². The van der Waals surface area contributed by atoms with Gasteiger partial charge in [0, 0.05) is 0 Å². The summed E-state index contributed by atoms with van der Waals surface area (Å²) in [6.07, 6.45) is 1.70. The van der Waals surface area contributed by atoms with E-state index in [1.54, 1.807) is 61.5 Å². The summed E-state index contributed by atoms with van der Waals surface area (Å²) in [6.45, 7) is 5.93. The van der Waals surface area contributed by atoms with E-state index in [0.29, 0.717) is 28.4 Å². The van der Waals surface area contributed by atoms with Crippen LogP contribution >= 0.6 is 0 Å². The summed E-state index contributed by atoms with van der Waals surface area (Å²) >= 11 is 0. The van der Waals surface area contributed by atoms with E-state index in [9.17, 15) is 14.7 Å². The number of ether oxygens (including phenoxy) is 1.